The zero-order valence-electron chi connectivity index (χ0n) is 10.3. The summed E-state index contributed by atoms with van der Waals surface area (Å²) in [5.41, 5.74) is -0.202. The first-order valence-electron chi connectivity index (χ1n) is 5.67. The van der Waals surface area contributed by atoms with E-state index in [0.29, 0.717) is 0 Å². The van der Waals surface area contributed by atoms with Crippen LogP contribution in [-0.2, 0) is 12.7 Å². The molecule has 1 aromatic heterocycles. The summed E-state index contributed by atoms with van der Waals surface area (Å²) in [6, 6.07) is 3.67. The van der Waals surface area contributed by atoms with E-state index < -0.39 is 11.7 Å². The fourth-order valence-electron chi connectivity index (χ4n) is 1.70. The smallest absolute Gasteiger partial charge is 0.379 e. The van der Waals surface area contributed by atoms with Gasteiger partial charge in [0.25, 0.3) is 0 Å². The second-order valence-electron chi connectivity index (χ2n) is 4.02. The lowest BCUT2D eigenvalue weighted by Gasteiger charge is -2.15. The maximum atomic E-state index is 12.9. The quantitative estimate of drug-likeness (QED) is 0.914. The minimum absolute atomic E-state index is 0.0240. The highest BCUT2D eigenvalue weighted by Gasteiger charge is 2.34. The molecule has 0 aliphatic rings. The molecule has 2 rings (SSSR count). The molecular weight excluding hydrogens is 291 g/mol. The Morgan fingerprint density at radius 3 is 2.75 bits per heavy atom. The van der Waals surface area contributed by atoms with Crippen LogP contribution in [0.5, 0.6) is 0 Å². The molecule has 1 aromatic carbocycles. The first-order valence-corrected chi connectivity index (χ1v) is 6.05. The van der Waals surface area contributed by atoms with Crippen LogP contribution in [0.15, 0.2) is 37.2 Å². The third kappa shape index (κ3) is 3.14. The Morgan fingerprint density at radius 2 is 2.15 bits per heavy atom. The van der Waals surface area contributed by atoms with Gasteiger partial charge in [0.1, 0.15) is 0 Å². The summed E-state index contributed by atoms with van der Waals surface area (Å²) >= 11 is 5.83. The van der Waals surface area contributed by atoms with Gasteiger partial charge in [0.2, 0.25) is 0 Å². The molecule has 0 spiro atoms. The number of rotatable bonds is 4. The van der Waals surface area contributed by atoms with Crippen LogP contribution < -0.4 is 5.32 Å². The lowest BCUT2D eigenvalue weighted by atomic mass is 10.1. The molecule has 0 saturated carbocycles. The van der Waals surface area contributed by atoms with Crippen LogP contribution in [0.4, 0.5) is 18.9 Å². The van der Waals surface area contributed by atoms with Crippen LogP contribution in [-0.4, -0.2) is 9.78 Å². The monoisotopic (exact) mass is 301 g/mol. The van der Waals surface area contributed by atoms with E-state index in [-0.39, 0.29) is 17.3 Å². The number of aromatic nitrogens is 2. The third-order valence-electron chi connectivity index (χ3n) is 2.63. The molecule has 0 aliphatic heterocycles. The molecule has 0 saturated heterocycles. The van der Waals surface area contributed by atoms with Crippen molar-refractivity contribution in [2.24, 2.45) is 0 Å². The van der Waals surface area contributed by atoms with Crippen LogP contribution in [0.2, 0.25) is 5.02 Å². The molecule has 0 unspecified atom stereocenters. The SMILES string of the molecule is C=Cn1cc(CNc2c(Cl)cccc2C(F)(F)F)cn1. The van der Waals surface area contributed by atoms with Crippen LogP contribution in [0.1, 0.15) is 11.1 Å². The molecule has 0 radical (unpaired) electrons. The second-order valence-corrected chi connectivity index (χ2v) is 4.43. The molecule has 0 aliphatic carbocycles. The normalized spacial score (nSPS) is 11.4. The summed E-state index contributed by atoms with van der Waals surface area (Å²) in [6.07, 6.45) is 0.224. The number of hydrogen-bond acceptors (Lipinski definition) is 2. The topological polar surface area (TPSA) is 29.9 Å². The molecular formula is C13H11ClF3N3. The van der Waals surface area contributed by atoms with Gasteiger partial charge in [0, 0.05) is 24.5 Å². The van der Waals surface area contributed by atoms with E-state index in [1.165, 1.54) is 23.0 Å². The Kier molecular flexibility index (Phi) is 4.04. The molecule has 106 valence electrons. The van der Waals surface area contributed by atoms with Crippen LogP contribution in [0.3, 0.4) is 0 Å². The van der Waals surface area contributed by atoms with E-state index in [0.717, 1.165) is 11.6 Å². The molecule has 20 heavy (non-hydrogen) atoms. The van der Waals surface area contributed by atoms with Crippen molar-refractivity contribution >= 4 is 23.5 Å². The van der Waals surface area contributed by atoms with Gasteiger partial charge < -0.3 is 5.32 Å². The minimum atomic E-state index is -4.46. The first kappa shape index (κ1) is 14.5. The minimum Gasteiger partial charge on any atom is -0.379 e. The van der Waals surface area contributed by atoms with Gasteiger partial charge in [-0.15, -0.1) is 0 Å². The highest BCUT2D eigenvalue weighted by Crippen LogP contribution is 2.38. The van der Waals surface area contributed by atoms with Gasteiger partial charge in [-0.1, -0.05) is 24.2 Å². The average Bonchev–Trinajstić information content (AvgIpc) is 2.84. The zero-order chi connectivity index (χ0) is 14.8. The number of para-hydroxylation sites is 1. The molecule has 7 heteroatoms. The van der Waals surface area contributed by atoms with E-state index in [9.17, 15) is 13.2 Å². The number of nitrogens with zero attached hydrogens (tertiary/aromatic N) is 2. The Bertz CT molecular complexity index is 620. The first-order chi connectivity index (χ1) is 9.41. The van der Waals surface area contributed by atoms with Crippen LogP contribution >= 0.6 is 11.6 Å². The van der Waals surface area contributed by atoms with Gasteiger partial charge in [0.05, 0.1) is 22.5 Å². The van der Waals surface area contributed by atoms with Crippen molar-refractivity contribution in [1.29, 1.82) is 0 Å². The molecule has 0 amide bonds. The summed E-state index contributed by atoms with van der Waals surface area (Å²) < 4.78 is 40.1. The summed E-state index contributed by atoms with van der Waals surface area (Å²) in [5.74, 6) is 0. The van der Waals surface area contributed by atoms with Crippen molar-refractivity contribution in [3.05, 3.63) is 53.3 Å². The van der Waals surface area contributed by atoms with Crippen LogP contribution in [0, 0.1) is 0 Å². The lowest BCUT2D eigenvalue weighted by molar-refractivity contribution is -0.136. The van der Waals surface area contributed by atoms with Gasteiger partial charge >= 0.3 is 6.18 Å². The second kappa shape index (κ2) is 5.58. The maximum absolute atomic E-state index is 12.9. The van der Waals surface area contributed by atoms with E-state index in [4.69, 9.17) is 11.6 Å². The van der Waals surface area contributed by atoms with Gasteiger partial charge in [-0.25, -0.2) is 4.68 Å². The number of nitrogens with one attached hydrogen (secondary N) is 1. The summed E-state index contributed by atoms with van der Waals surface area (Å²) in [6.45, 7) is 3.71. The largest absolute Gasteiger partial charge is 0.418 e. The Hall–Kier alpha value is -1.95. The number of benzene rings is 1. The van der Waals surface area contributed by atoms with Crippen molar-refractivity contribution in [3.8, 4) is 0 Å². The number of hydrogen-bond donors (Lipinski definition) is 1. The summed E-state index contributed by atoms with van der Waals surface area (Å²) in [5, 5.41) is 6.67. The van der Waals surface area contributed by atoms with Crippen molar-refractivity contribution in [3.63, 3.8) is 0 Å². The van der Waals surface area contributed by atoms with Gasteiger partial charge in [-0.2, -0.15) is 18.3 Å². The van der Waals surface area contributed by atoms with Gasteiger partial charge in [-0.05, 0) is 12.1 Å². The van der Waals surface area contributed by atoms with Gasteiger partial charge in [-0.3, -0.25) is 0 Å². The Morgan fingerprint density at radius 1 is 1.40 bits per heavy atom. The summed E-state index contributed by atoms with van der Waals surface area (Å²) in [7, 11) is 0. The van der Waals surface area contributed by atoms with E-state index in [1.807, 2.05) is 0 Å². The fourth-order valence-corrected chi connectivity index (χ4v) is 1.94. The number of halogens is 4. The van der Waals surface area contributed by atoms with Crippen LogP contribution in [0.25, 0.3) is 6.20 Å². The summed E-state index contributed by atoms with van der Waals surface area (Å²) in [4.78, 5) is 0. The highest BCUT2D eigenvalue weighted by atomic mass is 35.5. The van der Waals surface area contributed by atoms with E-state index in [2.05, 4.69) is 17.0 Å². The average molecular weight is 302 g/mol. The number of alkyl halides is 3. The van der Waals surface area contributed by atoms with Gasteiger partial charge in [0.15, 0.2) is 0 Å². The molecule has 0 atom stereocenters. The standard InChI is InChI=1S/C13H11ClF3N3/c1-2-20-8-9(7-19-20)6-18-12-10(13(15,16)17)4-3-5-11(12)14/h2-5,7-8,18H,1,6H2. The molecule has 2 aromatic rings. The van der Waals surface area contributed by atoms with Crippen molar-refractivity contribution in [2.45, 2.75) is 12.7 Å². The number of anilines is 1. The fraction of sp³-hybridized carbons (Fsp3) is 0.154. The maximum Gasteiger partial charge on any atom is 0.418 e. The van der Waals surface area contributed by atoms with Crippen molar-refractivity contribution in [2.75, 3.05) is 5.32 Å². The predicted octanol–water partition coefficient (Wildman–Crippen LogP) is 4.27. The molecule has 3 nitrogen and oxygen atoms in total. The Balaban J connectivity index is 2.22. The van der Waals surface area contributed by atoms with Crippen molar-refractivity contribution in [1.82, 2.24) is 9.78 Å². The van der Waals surface area contributed by atoms with E-state index in [1.54, 1.807) is 12.4 Å². The lowest BCUT2D eigenvalue weighted by Crippen LogP contribution is -2.11. The molecule has 1 N–H and O–H groups in total. The highest BCUT2D eigenvalue weighted by molar-refractivity contribution is 6.33. The van der Waals surface area contributed by atoms with E-state index >= 15 is 0 Å². The molecule has 0 fully saturated rings. The van der Waals surface area contributed by atoms with Crippen molar-refractivity contribution < 1.29 is 13.2 Å². The zero-order valence-corrected chi connectivity index (χ0v) is 11.0. The third-order valence-corrected chi connectivity index (χ3v) is 2.95. The Labute approximate surface area is 118 Å². The predicted molar refractivity (Wildman–Crippen MR) is 72.4 cm³/mol. The molecule has 1 heterocycles. The molecule has 0 bridgehead atoms.